The van der Waals surface area contributed by atoms with Gasteiger partial charge in [0.15, 0.2) is 0 Å². The number of aliphatic hydroxyl groups is 1. The highest BCUT2D eigenvalue weighted by atomic mass is 35.5. The molecule has 0 aromatic carbocycles. The third-order valence-corrected chi connectivity index (χ3v) is 2.18. The molecule has 0 saturated carbocycles. The fourth-order valence-electron chi connectivity index (χ4n) is 1.08. The van der Waals surface area contributed by atoms with Gasteiger partial charge in [-0.05, 0) is 17.7 Å². The first-order valence-electron chi connectivity index (χ1n) is 4.43. The van der Waals surface area contributed by atoms with Crippen molar-refractivity contribution >= 4 is 23.5 Å². The highest BCUT2D eigenvalue weighted by Gasteiger charge is 2.22. The van der Waals surface area contributed by atoms with Crippen molar-refractivity contribution in [2.45, 2.75) is 12.5 Å². The van der Waals surface area contributed by atoms with Crippen LogP contribution in [-0.4, -0.2) is 34.7 Å². The van der Waals surface area contributed by atoms with E-state index in [0.29, 0.717) is 0 Å². The van der Waals surface area contributed by atoms with Crippen molar-refractivity contribution in [1.29, 1.82) is 0 Å². The van der Waals surface area contributed by atoms with Crippen molar-refractivity contribution < 1.29 is 24.2 Å². The first-order chi connectivity index (χ1) is 7.56. The summed E-state index contributed by atoms with van der Waals surface area (Å²) in [7, 11) is 0. The van der Waals surface area contributed by atoms with Gasteiger partial charge in [0.2, 0.25) is 5.22 Å². The molecular weight excluding hydrogens is 238 g/mol. The summed E-state index contributed by atoms with van der Waals surface area (Å²) in [6.45, 7) is -0.337. The topological polar surface area (TPSA) is 99.8 Å². The second kappa shape index (κ2) is 5.53. The molecule has 1 unspecified atom stereocenters. The Hall–Kier alpha value is -1.53. The maximum absolute atomic E-state index is 11.5. The van der Waals surface area contributed by atoms with Crippen molar-refractivity contribution in [3.63, 3.8) is 0 Å². The summed E-state index contributed by atoms with van der Waals surface area (Å²) in [6, 6.07) is 0.179. The molecule has 0 aliphatic heterocycles. The fourth-order valence-corrected chi connectivity index (χ4v) is 1.28. The van der Waals surface area contributed by atoms with Gasteiger partial charge in [-0.1, -0.05) is 0 Å². The Morgan fingerprint density at radius 2 is 2.25 bits per heavy atom. The number of halogens is 1. The maximum Gasteiger partial charge on any atom is 0.326 e. The fraction of sp³-hybridized carbons (Fsp3) is 0.333. The van der Waals surface area contributed by atoms with Crippen molar-refractivity contribution in [3.8, 4) is 0 Å². The van der Waals surface area contributed by atoms with Gasteiger partial charge in [-0.3, -0.25) is 4.79 Å². The average Bonchev–Trinajstić information content (AvgIpc) is 2.63. The summed E-state index contributed by atoms with van der Waals surface area (Å²) in [5.41, 5.74) is 0.0610. The minimum atomic E-state index is -1.22. The van der Waals surface area contributed by atoms with Crippen LogP contribution in [0.1, 0.15) is 16.8 Å². The Balaban J connectivity index is 2.69. The Kier molecular flexibility index (Phi) is 4.33. The number of carbonyl (C=O) groups is 2. The monoisotopic (exact) mass is 247 g/mol. The number of rotatable bonds is 5. The number of carboxylic acids is 1. The number of aliphatic carboxylic acids is 1. The quantitative estimate of drug-likeness (QED) is 0.704. The van der Waals surface area contributed by atoms with Gasteiger partial charge in [0.05, 0.1) is 11.8 Å². The molecule has 0 aliphatic rings. The second-order valence-corrected chi connectivity index (χ2v) is 3.33. The third-order valence-electron chi connectivity index (χ3n) is 1.88. The molecule has 0 spiro atoms. The SMILES string of the molecule is O=C(NC(CCO)C(=O)O)c1ccoc1Cl. The van der Waals surface area contributed by atoms with Crippen LogP contribution in [0.5, 0.6) is 0 Å². The van der Waals surface area contributed by atoms with E-state index in [2.05, 4.69) is 5.32 Å². The van der Waals surface area contributed by atoms with Crippen LogP contribution in [0.15, 0.2) is 16.7 Å². The van der Waals surface area contributed by atoms with E-state index < -0.39 is 17.9 Å². The van der Waals surface area contributed by atoms with E-state index in [1.807, 2.05) is 0 Å². The molecular formula is C9H10ClNO5. The molecule has 0 radical (unpaired) electrons. The number of aliphatic hydroxyl groups excluding tert-OH is 1. The average molecular weight is 248 g/mol. The lowest BCUT2D eigenvalue weighted by Crippen LogP contribution is -2.41. The molecule has 16 heavy (non-hydrogen) atoms. The molecule has 0 bridgehead atoms. The van der Waals surface area contributed by atoms with Crippen LogP contribution < -0.4 is 5.32 Å². The first-order valence-corrected chi connectivity index (χ1v) is 4.81. The summed E-state index contributed by atoms with van der Waals surface area (Å²) in [5.74, 6) is -1.87. The summed E-state index contributed by atoms with van der Waals surface area (Å²) in [6.07, 6.45) is 1.15. The number of amides is 1. The van der Waals surface area contributed by atoms with Crippen LogP contribution in [0, 0.1) is 0 Å². The second-order valence-electron chi connectivity index (χ2n) is 2.98. The van der Waals surface area contributed by atoms with Crippen molar-refractivity contribution in [2.24, 2.45) is 0 Å². The largest absolute Gasteiger partial charge is 0.480 e. The van der Waals surface area contributed by atoms with Crippen LogP contribution in [0.2, 0.25) is 5.22 Å². The highest BCUT2D eigenvalue weighted by molar-refractivity contribution is 6.32. The number of hydrogen-bond acceptors (Lipinski definition) is 4. The van der Waals surface area contributed by atoms with Gasteiger partial charge < -0.3 is 19.9 Å². The zero-order valence-electron chi connectivity index (χ0n) is 8.14. The summed E-state index contributed by atoms with van der Waals surface area (Å²) >= 11 is 5.55. The Labute approximate surface area is 95.8 Å². The van der Waals surface area contributed by atoms with E-state index in [1.54, 1.807) is 0 Å². The van der Waals surface area contributed by atoms with Gasteiger partial charge in [-0.2, -0.15) is 0 Å². The predicted octanol–water partition coefficient (Wildman–Crippen LogP) is 0.498. The van der Waals surface area contributed by atoms with Crippen LogP contribution >= 0.6 is 11.6 Å². The smallest absolute Gasteiger partial charge is 0.326 e. The number of furan rings is 1. The van der Waals surface area contributed by atoms with Gasteiger partial charge in [0.25, 0.3) is 5.91 Å². The van der Waals surface area contributed by atoms with Gasteiger partial charge in [0.1, 0.15) is 6.04 Å². The molecule has 7 heteroatoms. The minimum Gasteiger partial charge on any atom is -0.480 e. The third kappa shape index (κ3) is 2.98. The molecule has 88 valence electrons. The van der Waals surface area contributed by atoms with Gasteiger partial charge in [-0.15, -0.1) is 0 Å². The molecule has 1 amide bonds. The lowest BCUT2D eigenvalue weighted by Gasteiger charge is -2.12. The number of carboxylic acid groups (broad SMARTS) is 1. The maximum atomic E-state index is 11.5. The molecule has 1 rings (SSSR count). The summed E-state index contributed by atoms with van der Waals surface area (Å²) in [5, 5.41) is 19.5. The number of nitrogens with one attached hydrogen (secondary N) is 1. The Morgan fingerprint density at radius 1 is 1.56 bits per heavy atom. The Bertz CT molecular complexity index is 389. The summed E-state index contributed by atoms with van der Waals surface area (Å²) < 4.78 is 4.70. The van der Waals surface area contributed by atoms with E-state index in [-0.39, 0.29) is 23.8 Å². The lowest BCUT2D eigenvalue weighted by molar-refractivity contribution is -0.139. The van der Waals surface area contributed by atoms with Crippen molar-refractivity contribution in [2.75, 3.05) is 6.61 Å². The number of hydrogen-bond donors (Lipinski definition) is 3. The normalized spacial score (nSPS) is 12.1. The Morgan fingerprint density at radius 3 is 2.69 bits per heavy atom. The standard InChI is InChI=1S/C9H10ClNO5/c10-7-5(2-4-16-7)8(13)11-6(1-3-12)9(14)15/h2,4,6,12H,1,3H2,(H,11,13)(H,14,15). The van der Waals surface area contributed by atoms with Gasteiger partial charge in [0, 0.05) is 13.0 Å². The number of carbonyl (C=O) groups excluding carboxylic acids is 1. The lowest BCUT2D eigenvalue weighted by atomic mass is 10.2. The first kappa shape index (κ1) is 12.5. The molecule has 3 N–H and O–H groups in total. The molecule has 0 saturated heterocycles. The highest BCUT2D eigenvalue weighted by Crippen LogP contribution is 2.16. The van der Waals surface area contributed by atoms with Crippen molar-refractivity contribution in [1.82, 2.24) is 5.32 Å². The predicted molar refractivity (Wildman–Crippen MR) is 54.3 cm³/mol. The van der Waals surface area contributed by atoms with Crippen LogP contribution in [0.25, 0.3) is 0 Å². The zero-order chi connectivity index (χ0) is 12.1. The summed E-state index contributed by atoms with van der Waals surface area (Å²) in [4.78, 5) is 22.2. The van der Waals surface area contributed by atoms with Crippen LogP contribution in [0.4, 0.5) is 0 Å². The molecule has 1 aromatic rings. The van der Waals surface area contributed by atoms with E-state index in [4.69, 9.17) is 26.2 Å². The molecule has 1 heterocycles. The molecule has 1 aromatic heterocycles. The van der Waals surface area contributed by atoms with Gasteiger partial charge in [-0.25, -0.2) is 4.79 Å². The molecule has 1 atom stereocenters. The van der Waals surface area contributed by atoms with E-state index >= 15 is 0 Å². The molecule has 0 fully saturated rings. The van der Waals surface area contributed by atoms with E-state index in [1.165, 1.54) is 12.3 Å². The van der Waals surface area contributed by atoms with Crippen molar-refractivity contribution in [3.05, 3.63) is 23.1 Å². The van der Waals surface area contributed by atoms with Gasteiger partial charge >= 0.3 is 5.97 Å². The zero-order valence-corrected chi connectivity index (χ0v) is 8.90. The minimum absolute atomic E-state index is 0.0610. The van der Waals surface area contributed by atoms with E-state index in [9.17, 15) is 9.59 Å². The van der Waals surface area contributed by atoms with Crippen LogP contribution in [-0.2, 0) is 4.79 Å². The van der Waals surface area contributed by atoms with Crippen LogP contribution in [0.3, 0.4) is 0 Å². The molecule has 0 aliphatic carbocycles. The van der Waals surface area contributed by atoms with E-state index in [0.717, 1.165) is 0 Å². The molecule has 6 nitrogen and oxygen atoms in total.